The molecule has 1 aromatic rings. The highest BCUT2D eigenvalue weighted by atomic mass is 32.2. The number of thioether (sulfide) groups is 1. The first-order valence-corrected chi connectivity index (χ1v) is 8.55. The summed E-state index contributed by atoms with van der Waals surface area (Å²) in [5.41, 5.74) is 5.77. The van der Waals surface area contributed by atoms with Gasteiger partial charge in [-0.05, 0) is 18.2 Å². The van der Waals surface area contributed by atoms with E-state index >= 15 is 0 Å². The zero-order valence-electron chi connectivity index (χ0n) is 11.5. The topological polar surface area (TPSA) is 98.5 Å². The summed E-state index contributed by atoms with van der Waals surface area (Å²) in [4.78, 5) is 11.4. The molecule has 0 atom stereocenters. The first-order chi connectivity index (χ1) is 9.92. The molecule has 0 aliphatic heterocycles. The van der Waals surface area contributed by atoms with Crippen LogP contribution < -0.4 is 10.5 Å². The third-order valence-corrected chi connectivity index (χ3v) is 4.79. The van der Waals surface area contributed by atoms with E-state index < -0.39 is 16.0 Å². The number of anilines is 1. The zero-order valence-corrected chi connectivity index (χ0v) is 13.1. The lowest BCUT2D eigenvalue weighted by molar-refractivity contribution is 0.0596. The van der Waals surface area contributed by atoms with Crippen LogP contribution in [0, 0.1) is 12.3 Å². The number of benzene rings is 1. The minimum Gasteiger partial charge on any atom is -0.465 e. The third kappa shape index (κ3) is 4.97. The van der Waals surface area contributed by atoms with E-state index in [0.29, 0.717) is 11.5 Å². The lowest BCUT2D eigenvalue weighted by Crippen LogP contribution is -2.28. The molecule has 0 saturated carbocycles. The van der Waals surface area contributed by atoms with Crippen molar-refractivity contribution in [2.45, 2.75) is 4.90 Å². The van der Waals surface area contributed by atoms with Crippen LogP contribution >= 0.6 is 11.8 Å². The second-order valence-corrected chi connectivity index (χ2v) is 6.74. The second-order valence-electron chi connectivity index (χ2n) is 3.90. The molecule has 1 rings (SSSR count). The maximum absolute atomic E-state index is 12.2. The summed E-state index contributed by atoms with van der Waals surface area (Å²) in [5.74, 6) is 2.74. The van der Waals surface area contributed by atoms with Gasteiger partial charge in [-0.1, -0.05) is 5.92 Å². The molecule has 0 radical (unpaired) electrons. The Morgan fingerprint density at radius 3 is 2.86 bits per heavy atom. The number of carbonyl (C=O) groups is 1. The van der Waals surface area contributed by atoms with Crippen LogP contribution in [0.3, 0.4) is 0 Å². The Morgan fingerprint density at radius 1 is 1.52 bits per heavy atom. The number of ether oxygens (including phenoxy) is 1. The summed E-state index contributed by atoms with van der Waals surface area (Å²) < 4.78 is 31.4. The molecule has 8 heteroatoms. The summed E-state index contributed by atoms with van der Waals surface area (Å²) in [6.45, 7) is 0.199. The van der Waals surface area contributed by atoms with Crippen LogP contribution in [0.5, 0.6) is 0 Å². The van der Waals surface area contributed by atoms with Crippen molar-refractivity contribution < 1.29 is 17.9 Å². The number of nitrogen functional groups attached to an aromatic ring is 1. The normalized spacial score (nSPS) is 10.9. The van der Waals surface area contributed by atoms with Crippen LogP contribution in [0.1, 0.15) is 10.4 Å². The summed E-state index contributed by atoms with van der Waals surface area (Å²) >= 11 is 1.43. The number of hydrogen-bond acceptors (Lipinski definition) is 6. The lowest BCUT2D eigenvalue weighted by atomic mass is 10.2. The summed E-state index contributed by atoms with van der Waals surface area (Å²) in [7, 11) is -2.67. The van der Waals surface area contributed by atoms with Gasteiger partial charge in [-0.2, -0.15) is 0 Å². The molecule has 0 amide bonds. The molecule has 0 spiro atoms. The molecule has 1 aromatic carbocycles. The number of carbonyl (C=O) groups excluding carboxylic acids is 1. The van der Waals surface area contributed by atoms with Crippen molar-refractivity contribution in [3.63, 3.8) is 0 Å². The Kier molecular flexibility index (Phi) is 6.55. The van der Waals surface area contributed by atoms with Crippen LogP contribution in [0.2, 0.25) is 0 Å². The monoisotopic (exact) mass is 328 g/mol. The molecule has 0 aromatic heterocycles. The van der Waals surface area contributed by atoms with Gasteiger partial charge in [0.1, 0.15) is 0 Å². The van der Waals surface area contributed by atoms with E-state index in [0.717, 1.165) is 0 Å². The lowest BCUT2D eigenvalue weighted by Gasteiger charge is -2.11. The van der Waals surface area contributed by atoms with E-state index in [1.807, 2.05) is 0 Å². The van der Waals surface area contributed by atoms with E-state index in [1.54, 1.807) is 0 Å². The molecule has 0 bridgehead atoms. The van der Waals surface area contributed by atoms with E-state index in [1.165, 1.54) is 37.1 Å². The molecule has 3 N–H and O–H groups in total. The van der Waals surface area contributed by atoms with E-state index in [2.05, 4.69) is 15.4 Å². The molecule has 0 saturated heterocycles. The van der Waals surface area contributed by atoms with Crippen molar-refractivity contribution in [2.75, 3.05) is 30.9 Å². The number of hydrogen-bond donors (Lipinski definition) is 2. The van der Waals surface area contributed by atoms with E-state index in [-0.39, 0.29) is 22.7 Å². The molecule has 0 aliphatic carbocycles. The molecule has 0 heterocycles. The fourth-order valence-corrected chi connectivity index (χ4v) is 3.39. The smallest absolute Gasteiger partial charge is 0.339 e. The molecule has 0 fully saturated rings. The Labute approximate surface area is 128 Å². The Bertz CT molecular complexity index is 651. The summed E-state index contributed by atoms with van der Waals surface area (Å²) in [6, 6.07) is 3.99. The molecule has 114 valence electrons. The van der Waals surface area contributed by atoms with Crippen molar-refractivity contribution in [3.05, 3.63) is 23.8 Å². The fourth-order valence-electron chi connectivity index (χ4n) is 1.50. The van der Waals surface area contributed by atoms with E-state index in [9.17, 15) is 13.2 Å². The minimum atomic E-state index is -3.85. The van der Waals surface area contributed by atoms with Crippen LogP contribution in [0.4, 0.5) is 5.69 Å². The third-order valence-electron chi connectivity index (χ3n) is 2.42. The molecule has 0 aliphatic rings. The molecular formula is C13H16N2O4S2. The Hall–Kier alpha value is -1.69. The van der Waals surface area contributed by atoms with Crippen molar-refractivity contribution in [2.24, 2.45) is 0 Å². The highest BCUT2D eigenvalue weighted by molar-refractivity contribution is 7.99. The quantitative estimate of drug-likeness (QED) is 0.331. The van der Waals surface area contributed by atoms with Crippen LogP contribution in [0.25, 0.3) is 0 Å². The van der Waals surface area contributed by atoms with Gasteiger partial charge in [0.05, 0.1) is 23.3 Å². The average molecular weight is 328 g/mol. The minimum absolute atomic E-state index is 0.0597. The van der Waals surface area contributed by atoms with Gasteiger partial charge in [0.25, 0.3) is 0 Å². The van der Waals surface area contributed by atoms with Crippen molar-refractivity contribution in [1.29, 1.82) is 0 Å². The first kappa shape index (κ1) is 17.4. The van der Waals surface area contributed by atoms with Crippen LogP contribution in [-0.4, -0.2) is 39.5 Å². The number of methoxy groups -OCH3 is 1. The predicted octanol–water partition coefficient (Wildman–Crippen LogP) is 0.700. The highest BCUT2D eigenvalue weighted by Gasteiger charge is 2.23. The number of nitrogens with two attached hydrogens (primary N) is 1. The van der Waals surface area contributed by atoms with Gasteiger partial charge in [0.15, 0.2) is 0 Å². The molecule has 0 unspecified atom stereocenters. The maximum atomic E-state index is 12.2. The van der Waals surface area contributed by atoms with Gasteiger partial charge < -0.3 is 10.5 Å². The SMILES string of the molecule is C#CCSCCNS(=O)(=O)c1cc(N)ccc1C(=O)OC. The predicted molar refractivity (Wildman–Crippen MR) is 83.5 cm³/mol. The molecule has 6 nitrogen and oxygen atoms in total. The van der Waals surface area contributed by atoms with Crippen molar-refractivity contribution >= 4 is 33.4 Å². The largest absolute Gasteiger partial charge is 0.465 e. The van der Waals surface area contributed by atoms with Crippen molar-refractivity contribution in [1.82, 2.24) is 4.72 Å². The number of sulfonamides is 1. The average Bonchev–Trinajstić information content (AvgIpc) is 2.46. The second kappa shape index (κ2) is 7.93. The van der Waals surface area contributed by atoms with Crippen LogP contribution in [-0.2, 0) is 14.8 Å². The number of nitrogens with one attached hydrogen (secondary N) is 1. The van der Waals surface area contributed by atoms with Gasteiger partial charge in [0, 0.05) is 18.0 Å². The van der Waals surface area contributed by atoms with Gasteiger partial charge in [-0.3, -0.25) is 0 Å². The van der Waals surface area contributed by atoms with Crippen molar-refractivity contribution in [3.8, 4) is 12.3 Å². The summed E-state index contributed by atoms with van der Waals surface area (Å²) in [5, 5.41) is 0. The Morgan fingerprint density at radius 2 is 2.24 bits per heavy atom. The number of esters is 1. The zero-order chi connectivity index (χ0) is 15.9. The fraction of sp³-hybridized carbons (Fsp3) is 0.308. The van der Waals surface area contributed by atoms with Gasteiger partial charge in [-0.25, -0.2) is 17.9 Å². The number of rotatable bonds is 7. The van der Waals surface area contributed by atoms with Gasteiger partial charge in [0.2, 0.25) is 10.0 Å². The first-order valence-electron chi connectivity index (χ1n) is 5.91. The van der Waals surface area contributed by atoms with E-state index in [4.69, 9.17) is 12.2 Å². The molecule has 21 heavy (non-hydrogen) atoms. The molecular weight excluding hydrogens is 312 g/mol. The summed E-state index contributed by atoms with van der Waals surface area (Å²) in [6.07, 6.45) is 5.10. The van der Waals surface area contributed by atoms with Gasteiger partial charge >= 0.3 is 5.97 Å². The standard InChI is InChI=1S/C13H16N2O4S2/c1-3-7-20-8-6-15-21(17,18)12-9-10(14)4-5-11(12)13(16)19-2/h1,4-5,9,15H,6-8,14H2,2H3. The highest BCUT2D eigenvalue weighted by Crippen LogP contribution is 2.20. The van der Waals surface area contributed by atoms with Crippen LogP contribution in [0.15, 0.2) is 23.1 Å². The van der Waals surface area contributed by atoms with Gasteiger partial charge in [-0.15, -0.1) is 18.2 Å². The Balaban J connectivity index is 2.94. The number of terminal acetylenes is 1. The maximum Gasteiger partial charge on any atom is 0.339 e.